The number of carbonyl (C=O) groups is 1. The molecule has 0 aliphatic heterocycles. The van der Waals surface area contributed by atoms with Crippen LogP contribution in [0.25, 0.3) is 0 Å². The number of rotatable bonds is 4. The number of halogens is 1. The number of hydrogen-bond donors (Lipinski definition) is 2. The molecule has 0 saturated carbocycles. The van der Waals surface area contributed by atoms with Crippen molar-refractivity contribution in [2.75, 3.05) is 5.32 Å². The van der Waals surface area contributed by atoms with Gasteiger partial charge in [-0.3, -0.25) is 4.79 Å². The number of amides is 1. The summed E-state index contributed by atoms with van der Waals surface area (Å²) in [6.07, 6.45) is 3.00. The summed E-state index contributed by atoms with van der Waals surface area (Å²) in [5.41, 5.74) is 5.64. The summed E-state index contributed by atoms with van der Waals surface area (Å²) < 4.78 is 0. The molecule has 1 aromatic rings. The molecular formula is C11H16ClN3O. The van der Waals surface area contributed by atoms with Gasteiger partial charge in [-0.1, -0.05) is 24.9 Å². The maximum atomic E-state index is 11.8. The molecule has 0 spiro atoms. The van der Waals surface area contributed by atoms with Gasteiger partial charge in [0.25, 0.3) is 0 Å². The first-order valence-corrected chi connectivity index (χ1v) is 5.55. The van der Waals surface area contributed by atoms with Crippen LogP contribution in [0.2, 0.25) is 5.15 Å². The van der Waals surface area contributed by atoms with Crippen LogP contribution in [-0.2, 0) is 4.79 Å². The minimum absolute atomic E-state index is 0.210. The van der Waals surface area contributed by atoms with Gasteiger partial charge in [0, 0.05) is 0 Å². The lowest BCUT2D eigenvalue weighted by molar-refractivity contribution is -0.120. The third-order valence-electron chi connectivity index (χ3n) is 2.27. The Balaban J connectivity index is 2.67. The van der Waals surface area contributed by atoms with Crippen LogP contribution in [0, 0.1) is 0 Å². The molecule has 0 aromatic carbocycles. The average Bonchev–Trinajstić information content (AvgIpc) is 2.21. The highest BCUT2D eigenvalue weighted by Crippen LogP contribution is 2.14. The molecule has 1 unspecified atom stereocenters. The third-order valence-corrected chi connectivity index (χ3v) is 2.50. The van der Waals surface area contributed by atoms with E-state index in [1.807, 2.05) is 6.92 Å². The highest BCUT2D eigenvalue weighted by Gasteiger charge is 2.27. The Bertz CT molecular complexity index is 362. The Morgan fingerprint density at radius 3 is 2.81 bits per heavy atom. The summed E-state index contributed by atoms with van der Waals surface area (Å²) >= 11 is 5.64. The molecule has 1 amide bonds. The molecule has 1 heterocycles. The van der Waals surface area contributed by atoms with Crippen molar-refractivity contribution in [1.29, 1.82) is 0 Å². The molecule has 0 fully saturated rings. The number of nitrogens with two attached hydrogens (primary N) is 1. The predicted octanol–water partition coefficient (Wildman–Crippen LogP) is 2.19. The van der Waals surface area contributed by atoms with E-state index in [0.717, 1.165) is 6.42 Å². The normalized spacial score (nSPS) is 14.2. The second kappa shape index (κ2) is 5.27. The summed E-state index contributed by atoms with van der Waals surface area (Å²) in [6.45, 7) is 3.71. The number of hydrogen-bond acceptors (Lipinski definition) is 3. The van der Waals surface area contributed by atoms with Crippen LogP contribution in [0.3, 0.4) is 0 Å². The van der Waals surface area contributed by atoms with E-state index in [-0.39, 0.29) is 5.91 Å². The second-order valence-electron chi connectivity index (χ2n) is 3.99. The second-order valence-corrected chi connectivity index (χ2v) is 4.38. The molecule has 4 nitrogen and oxygen atoms in total. The maximum Gasteiger partial charge on any atom is 0.244 e. The summed E-state index contributed by atoms with van der Waals surface area (Å²) in [5, 5.41) is 3.10. The van der Waals surface area contributed by atoms with Crippen molar-refractivity contribution in [2.45, 2.75) is 32.2 Å². The van der Waals surface area contributed by atoms with Crippen LogP contribution >= 0.6 is 11.6 Å². The highest BCUT2D eigenvalue weighted by atomic mass is 35.5. The standard InChI is InChI=1S/C11H16ClN3O/c1-3-6-11(2,13)10(16)15-8-4-5-9(12)14-7-8/h4-5,7H,3,6,13H2,1-2H3,(H,15,16). The molecular weight excluding hydrogens is 226 g/mol. The summed E-state index contributed by atoms with van der Waals surface area (Å²) in [7, 11) is 0. The van der Waals surface area contributed by atoms with Gasteiger partial charge in [-0.2, -0.15) is 0 Å². The van der Waals surface area contributed by atoms with E-state index < -0.39 is 5.54 Å². The zero-order valence-corrected chi connectivity index (χ0v) is 10.2. The monoisotopic (exact) mass is 241 g/mol. The Morgan fingerprint density at radius 2 is 2.31 bits per heavy atom. The third kappa shape index (κ3) is 3.47. The number of aromatic nitrogens is 1. The number of nitrogens with one attached hydrogen (secondary N) is 1. The van der Waals surface area contributed by atoms with Crippen LogP contribution in [0.4, 0.5) is 5.69 Å². The number of nitrogens with zero attached hydrogens (tertiary/aromatic N) is 1. The summed E-state index contributed by atoms with van der Waals surface area (Å²) in [4.78, 5) is 15.7. The summed E-state index contributed by atoms with van der Waals surface area (Å²) in [5.74, 6) is -0.210. The minimum atomic E-state index is -0.853. The van der Waals surface area contributed by atoms with Gasteiger partial charge < -0.3 is 11.1 Å². The quantitative estimate of drug-likeness (QED) is 0.794. The fourth-order valence-corrected chi connectivity index (χ4v) is 1.47. The smallest absolute Gasteiger partial charge is 0.244 e. The van der Waals surface area contributed by atoms with Crippen LogP contribution in [0.5, 0.6) is 0 Å². The molecule has 1 atom stereocenters. The first-order valence-electron chi connectivity index (χ1n) is 5.17. The van der Waals surface area contributed by atoms with Crippen LogP contribution in [0.1, 0.15) is 26.7 Å². The van der Waals surface area contributed by atoms with E-state index in [0.29, 0.717) is 17.3 Å². The fraction of sp³-hybridized carbons (Fsp3) is 0.455. The number of anilines is 1. The Kier molecular flexibility index (Phi) is 4.26. The maximum absolute atomic E-state index is 11.8. The lowest BCUT2D eigenvalue weighted by Crippen LogP contribution is -2.48. The van der Waals surface area contributed by atoms with Crippen molar-refractivity contribution in [3.63, 3.8) is 0 Å². The largest absolute Gasteiger partial charge is 0.323 e. The van der Waals surface area contributed by atoms with Crippen molar-refractivity contribution < 1.29 is 4.79 Å². The molecule has 5 heteroatoms. The van der Waals surface area contributed by atoms with Crippen molar-refractivity contribution in [2.24, 2.45) is 5.73 Å². The Hall–Kier alpha value is -1.13. The molecule has 0 saturated heterocycles. The highest BCUT2D eigenvalue weighted by molar-refractivity contribution is 6.29. The topological polar surface area (TPSA) is 68.0 Å². The molecule has 0 aliphatic rings. The van der Waals surface area contributed by atoms with Crippen LogP contribution in [0.15, 0.2) is 18.3 Å². The minimum Gasteiger partial charge on any atom is -0.323 e. The van der Waals surface area contributed by atoms with Gasteiger partial charge >= 0.3 is 0 Å². The van der Waals surface area contributed by atoms with Gasteiger partial charge in [0.15, 0.2) is 0 Å². The van der Waals surface area contributed by atoms with Gasteiger partial charge in [0.2, 0.25) is 5.91 Å². The fourth-order valence-electron chi connectivity index (χ4n) is 1.36. The van der Waals surface area contributed by atoms with Gasteiger partial charge in [0.05, 0.1) is 17.4 Å². The molecule has 1 rings (SSSR count). The predicted molar refractivity (Wildman–Crippen MR) is 65.4 cm³/mol. The van der Waals surface area contributed by atoms with E-state index >= 15 is 0 Å². The summed E-state index contributed by atoms with van der Waals surface area (Å²) in [6, 6.07) is 3.31. The zero-order chi connectivity index (χ0) is 12.2. The van der Waals surface area contributed by atoms with E-state index in [1.165, 1.54) is 6.20 Å². The van der Waals surface area contributed by atoms with Gasteiger partial charge in [0.1, 0.15) is 5.15 Å². The molecule has 0 aliphatic carbocycles. The number of pyridine rings is 1. The van der Waals surface area contributed by atoms with Crippen molar-refractivity contribution >= 4 is 23.2 Å². The number of carbonyl (C=O) groups excluding carboxylic acids is 1. The molecule has 0 bridgehead atoms. The van der Waals surface area contributed by atoms with E-state index in [9.17, 15) is 4.79 Å². The van der Waals surface area contributed by atoms with Crippen LogP contribution in [-0.4, -0.2) is 16.4 Å². The van der Waals surface area contributed by atoms with Gasteiger partial charge in [-0.05, 0) is 25.5 Å². The Morgan fingerprint density at radius 1 is 1.62 bits per heavy atom. The van der Waals surface area contributed by atoms with E-state index in [4.69, 9.17) is 17.3 Å². The first-order chi connectivity index (χ1) is 7.45. The first kappa shape index (κ1) is 12.9. The van der Waals surface area contributed by atoms with Gasteiger partial charge in [-0.15, -0.1) is 0 Å². The van der Waals surface area contributed by atoms with E-state index in [1.54, 1.807) is 19.1 Å². The lowest BCUT2D eigenvalue weighted by atomic mass is 9.96. The van der Waals surface area contributed by atoms with Crippen molar-refractivity contribution in [3.8, 4) is 0 Å². The lowest BCUT2D eigenvalue weighted by Gasteiger charge is -2.22. The van der Waals surface area contributed by atoms with Crippen molar-refractivity contribution in [3.05, 3.63) is 23.5 Å². The zero-order valence-electron chi connectivity index (χ0n) is 9.46. The van der Waals surface area contributed by atoms with Gasteiger partial charge in [-0.25, -0.2) is 4.98 Å². The van der Waals surface area contributed by atoms with Crippen molar-refractivity contribution in [1.82, 2.24) is 4.98 Å². The van der Waals surface area contributed by atoms with Crippen LogP contribution < -0.4 is 11.1 Å². The molecule has 88 valence electrons. The van der Waals surface area contributed by atoms with E-state index in [2.05, 4.69) is 10.3 Å². The molecule has 0 radical (unpaired) electrons. The molecule has 3 N–H and O–H groups in total. The molecule has 1 aromatic heterocycles. The SMILES string of the molecule is CCCC(C)(N)C(=O)Nc1ccc(Cl)nc1. The average molecular weight is 242 g/mol. The Labute approximate surface area is 100 Å². The molecule has 16 heavy (non-hydrogen) atoms.